The summed E-state index contributed by atoms with van der Waals surface area (Å²) in [6, 6.07) is 0. The van der Waals surface area contributed by atoms with Gasteiger partial charge in [0.2, 0.25) is 12.2 Å². The average molecular weight is 462 g/mol. The predicted octanol–water partition coefficient (Wildman–Crippen LogP) is -6.70. The Kier molecular flexibility index (Phi) is 16.2. The van der Waals surface area contributed by atoms with Crippen molar-refractivity contribution in [2.75, 3.05) is 0 Å². The molecule has 0 radical (unpaired) electrons. The van der Waals surface area contributed by atoms with Crippen LogP contribution in [0.3, 0.4) is 0 Å². The van der Waals surface area contributed by atoms with Crippen LogP contribution < -0.4 is 0 Å². The van der Waals surface area contributed by atoms with Crippen molar-refractivity contribution in [3.63, 3.8) is 0 Å². The quantitative estimate of drug-likeness (QED) is 0.105. The number of rotatable bonds is 11. The van der Waals surface area contributed by atoms with Crippen LogP contribution in [0.5, 0.6) is 0 Å². The van der Waals surface area contributed by atoms with Gasteiger partial charge >= 0.3 is 94.9 Å². The third-order valence-corrected chi connectivity index (χ3v) is 2.83. The molecule has 8 N–H and O–H groups in total. The molecule has 0 aliphatic heterocycles. The van der Waals surface area contributed by atoms with Crippen LogP contribution in [0, 0.1) is 0 Å². The summed E-state index contributed by atoms with van der Waals surface area (Å²) in [5.41, 5.74) is 0. The Bertz CT molecular complexity index is 609. The molecule has 0 aromatic heterocycles. The normalized spacial score (nSPS) is 16.0. The van der Waals surface area contributed by atoms with Crippen LogP contribution in [-0.2, 0) is 38.2 Å². The number of carboxylic acid groups (broad SMARTS) is 4. The van der Waals surface area contributed by atoms with Crippen molar-refractivity contribution < 1.29 is 79.1 Å². The first-order chi connectivity index (χ1) is 12.7. The molecular formula is C12H16Na2O16. The Morgan fingerprint density at radius 1 is 0.467 bits per heavy atom. The Hall–Kier alpha value is -1.34. The predicted molar refractivity (Wildman–Crippen MR) is 88.6 cm³/mol. The fourth-order valence-corrected chi connectivity index (χ4v) is 1.41. The fraction of sp³-hybridized carbons (Fsp3) is 0.500. The number of carbonyl (C=O) groups excluding carboxylic acids is 2. The summed E-state index contributed by atoms with van der Waals surface area (Å²) in [4.78, 5) is 65.7. The van der Waals surface area contributed by atoms with E-state index in [0.29, 0.717) is 0 Å². The summed E-state index contributed by atoms with van der Waals surface area (Å²) in [5.74, 6) is -12.9. The number of ether oxygens (including phenoxy) is 2. The van der Waals surface area contributed by atoms with Gasteiger partial charge in [-0.2, -0.15) is 0 Å². The third-order valence-electron chi connectivity index (χ3n) is 2.83. The van der Waals surface area contributed by atoms with E-state index in [1.54, 1.807) is 0 Å². The van der Waals surface area contributed by atoms with E-state index in [4.69, 9.17) is 30.6 Å². The molecule has 18 heteroatoms. The molecule has 6 atom stereocenters. The van der Waals surface area contributed by atoms with E-state index in [-0.39, 0.29) is 59.1 Å². The Morgan fingerprint density at radius 3 is 0.867 bits per heavy atom. The molecule has 0 heterocycles. The summed E-state index contributed by atoms with van der Waals surface area (Å²) in [7, 11) is 0. The van der Waals surface area contributed by atoms with Gasteiger partial charge in [-0.15, -0.1) is 0 Å². The van der Waals surface area contributed by atoms with E-state index in [2.05, 4.69) is 9.47 Å². The standard InChI is InChI=1S/C12H14O16.2Na.2H/c13-1(11(25)27-5(9(21)22)3(15)7(17)18)2(14)12(26)28-6(10(23)24)4(16)8(19)20;;;;/h1-6,13-16H,(H,17,18)(H,19,20)(H,21,22)(H,23,24);;;;. The molecule has 0 aromatic rings. The molecule has 0 aliphatic carbocycles. The SMILES string of the molecule is O=C(OC(C(=O)O)C(O)C(=O)O)C(O)C(O)C(=O)OC(C(=O)O)C(O)C(=O)O.[NaH].[NaH]. The molecule has 162 valence electrons. The number of aliphatic hydroxyl groups is 4. The van der Waals surface area contributed by atoms with Crippen molar-refractivity contribution in [2.45, 2.75) is 36.6 Å². The van der Waals surface area contributed by atoms with E-state index in [1.165, 1.54) is 0 Å². The molecular weight excluding hydrogens is 446 g/mol. The molecule has 0 fully saturated rings. The van der Waals surface area contributed by atoms with Gasteiger partial charge in [0.15, 0.2) is 24.4 Å². The van der Waals surface area contributed by atoms with Gasteiger partial charge in [-0.3, -0.25) is 0 Å². The van der Waals surface area contributed by atoms with Crippen molar-refractivity contribution in [3.05, 3.63) is 0 Å². The maximum absolute atomic E-state index is 11.5. The van der Waals surface area contributed by atoms with E-state index >= 15 is 0 Å². The molecule has 0 spiro atoms. The van der Waals surface area contributed by atoms with Gasteiger partial charge in [-0.05, 0) is 0 Å². The molecule has 0 aromatic carbocycles. The molecule has 0 saturated heterocycles. The van der Waals surface area contributed by atoms with Crippen molar-refractivity contribution >= 4 is 94.9 Å². The average Bonchev–Trinajstić information content (AvgIpc) is 2.60. The zero-order valence-electron chi connectivity index (χ0n) is 13.3. The van der Waals surface area contributed by atoms with Crippen LogP contribution in [0.2, 0.25) is 0 Å². The molecule has 0 rings (SSSR count). The zero-order valence-corrected chi connectivity index (χ0v) is 13.3. The second kappa shape index (κ2) is 14.6. The van der Waals surface area contributed by atoms with Crippen LogP contribution in [0.4, 0.5) is 0 Å². The van der Waals surface area contributed by atoms with Crippen LogP contribution in [0.25, 0.3) is 0 Å². The Balaban J connectivity index is -0.00000364. The number of aliphatic hydroxyl groups excluding tert-OH is 4. The van der Waals surface area contributed by atoms with E-state index < -0.39 is 72.4 Å². The Labute approximate surface area is 209 Å². The summed E-state index contributed by atoms with van der Waals surface area (Å²) in [6.45, 7) is 0. The first-order valence-electron chi connectivity index (χ1n) is 6.76. The van der Waals surface area contributed by atoms with Gasteiger partial charge in [0.25, 0.3) is 0 Å². The first-order valence-corrected chi connectivity index (χ1v) is 6.76. The van der Waals surface area contributed by atoms with Gasteiger partial charge in [0.05, 0.1) is 0 Å². The second-order valence-corrected chi connectivity index (χ2v) is 4.85. The molecule has 0 saturated carbocycles. The van der Waals surface area contributed by atoms with E-state index in [1.807, 2.05) is 0 Å². The van der Waals surface area contributed by atoms with Gasteiger partial charge in [-0.25, -0.2) is 28.8 Å². The minimum atomic E-state index is -2.97. The third kappa shape index (κ3) is 9.65. The van der Waals surface area contributed by atoms with Crippen LogP contribution in [-0.4, -0.2) is 172 Å². The van der Waals surface area contributed by atoms with E-state index in [0.717, 1.165) is 0 Å². The summed E-state index contributed by atoms with van der Waals surface area (Å²) >= 11 is 0. The van der Waals surface area contributed by atoms with Crippen molar-refractivity contribution in [2.24, 2.45) is 0 Å². The number of carbonyl (C=O) groups is 6. The van der Waals surface area contributed by atoms with Gasteiger partial charge < -0.3 is 50.3 Å². The van der Waals surface area contributed by atoms with Crippen molar-refractivity contribution in [1.82, 2.24) is 0 Å². The molecule has 6 unspecified atom stereocenters. The van der Waals surface area contributed by atoms with Crippen molar-refractivity contribution in [1.29, 1.82) is 0 Å². The monoisotopic (exact) mass is 462 g/mol. The van der Waals surface area contributed by atoms with Gasteiger partial charge in [0, 0.05) is 0 Å². The van der Waals surface area contributed by atoms with Crippen LogP contribution in [0.1, 0.15) is 0 Å². The minimum absolute atomic E-state index is 0. The van der Waals surface area contributed by atoms with Gasteiger partial charge in [0.1, 0.15) is 0 Å². The van der Waals surface area contributed by atoms with Gasteiger partial charge in [-0.1, -0.05) is 0 Å². The Morgan fingerprint density at radius 2 is 0.700 bits per heavy atom. The molecule has 30 heavy (non-hydrogen) atoms. The van der Waals surface area contributed by atoms with Crippen LogP contribution in [0.15, 0.2) is 0 Å². The zero-order chi connectivity index (χ0) is 22.3. The summed E-state index contributed by atoms with van der Waals surface area (Å²) < 4.78 is 7.92. The van der Waals surface area contributed by atoms with Crippen molar-refractivity contribution in [3.8, 4) is 0 Å². The molecule has 0 aliphatic rings. The molecule has 0 amide bonds. The second-order valence-electron chi connectivity index (χ2n) is 4.85. The number of aliphatic carboxylic acids is 4. The number of hydrogen-bond donors (Lipinski definition) is 8. The number of carboxylic acids is 4. The fourth-order valence-electron chi connectivity index (χ4n) is 1.41. The maximum atomic E-state index is 11.5. The van der Waals surface area contributed by atoms with E-state index in [9.17, 15) is 39.0 Å². The molecule has 16 nitrogen and oxygen atoms in total. The topological polar surface area (TPSA) is 283 Å². The first kappa shape index (κ1) is 33.3. The molecule has 0 bridgehead atoms. The summed E-state index contributed by atoms with van der Waals surface area (Å²) in [6.07, 6.45) is -17.0. The number of hydrogen-bond acceptors (Lipinski definition) is 12. The number of esters is 2. The summed E-state index contributed by atoms with van der Waals surface area (Å²) in [5, 5.41) is 71.4. The van der Waals surface area contributed by atoms with Crippen LogP contribution >= 0.6 is 0 Å².